The number of piperidine rings is 1. The van der Waals surface area contributed by atoms with E-state index in [1.165, 1.54) is 32.4 Å². The zero-order valence-corrected chi connectivity index (χ0v) is 10.6. The molecule has 1 nitrogen and oxygen atoms in total. The second-order valence-electron chi connectivity index (χ2n) is 5.98. The highest BCUT2D eigenvalue weighted by molar-refractivity contribution is 4.84. The lowest BCUT2D eigenvalue weighted by Gasteiger charge is -2.43. The minimum absolute atomic E-state index is 0.492. The Balaban J connectivity index is 2.53. The van der Waals surface area contributed by atoms with Crippen LogP contribution in [0, 0.1) is 11.3 Å². The zero-order valence-electron chi connectivity index (χ0n) is 10.6. The summed E-state index contributed by atoms with van der Waals surface area (Å²) in [4.78, 5) is 2.68. The van der Waals surface area contributed by atoms with Crippen LogP contribution in [0.25, 0.3) is 0 Å². The second-order valence-corrected chi connectivity index (χ2v) is 5.98. The number of rotatable bonds is 2. The summed E-state index contributed by atoms with van der Waals surface area (Å²) >= 11 is 0. The van der Waals surface area contributed by atoms with Crippen molar-refractivity contribution in [3.63, 3.8) is 0 Å². The van der Waals surface area contributed by atoms with Gasteiger partial charge < -0.3 is 4.90 Å². The molecule has 0 saturated carbocycles. The van der Waals surface area contributed by atoms with Crippen molar-refractivity contribution in [3.8, 4) is 0 Å². The molecule has 0 radical (unpaired) electrons. The normalized spacial score (nSPS) is 30.6. The summed E-state index contributed by atoms with van der Waals surface area (Å²) in [5.74, 6) is 0.894. The van der Waals surface area contributed by atoms with Gasteiger partial charge in [0.25, 0.3) is 0 Å². The molecule has 0 amide bonds. The van der Waals surface area contributed by atoms with Crippen LogP contribution in [-0.4, -0.2) is 24.0 Å². The monoisotopic (exact) mass is 197 g/mol. The van der Waals surface area contributed by atoms with Gasteiger partial charge in [0, 0.05) is 12.6 Å². The topological polar surface area (TPSA) is 3.24 Å². The predicted octanol–water partition coefficient (Wildman–Crippen LogP) is 3.54. The Bertz CT molecular complexity index is 169. The minimum atomic E-state index is 0.492. The molecule has 0 aromatic rings. The van der Waals surface area contributed by atoms with Crippen molar-refractivity contribution in [2.45, 2.75) is 59.9 Å². The third kappa shape index (κ3) is 2.98. The van der Waals surface area contributed by atoms with Crippen LogP contribution in [0.5, 0.6) is 0 Å². The van der Waals surface area contributed by atoms with E-state index < -0.39 is 0 Å². The molecule has 1 heteroatoms. The van der Waals surface area contributed by atoms with Crippen LogP contribution in [0.15, 0.2) is 0 Å². The first-order valence-electron chi connectivity index (χ1n) is 6.19. The van der Waals surface area contributed by atoms with Gasteiger partial charge in [0.2, 0.25) is 0 Å². The number of nitrogens with zero attached hydrogens (tertiary/aromatic N) is 1. The van der Waals surface area contributed by atoms with E-state index in [1.54, 1.807) is 0 Å². The summed E-state index contributed by atoms with van der Waals surface area (Å²) in [6, 6.07) is 0.813. The summed E-state index contributed by atoms with van der Waals surface area (Å²) < 4.78 is 0. The minimum Gasteiger partial charge on any atom is -0.300 e. The van der Waals surface area contributed by atoms with Crippen molar-refractivity contribution in [1.29, 1.82) is 0 Å². The molecule has 0 spiro atoms. The fraction of sp³-hybridized carbons (Fsp3) is 1.00. The van der Waals surface area contributed by atoms with E-state index in [9.17, 15) is 0 Å². The molecule has 2 atom stereocenters. The first-order valence-corrected chi connectivity index (χ1v) is 6.19. The number of likely N-dealkylation sites (tertiary alicyclic amines) is 1. The van der Waals surface area contributed by atoms with Crippen LogP contribution in [0.2, 0.25) is 0 Å². The van der Waals surface area contributed by atoms with Crippen LogP contribution in [0.3, 0.4) is 0 Å². The highest BCUT2D eigenvalue weighted by atomic mass is 15.2. The molecule has 0 N–H and O–H groups in total. The van der Waals surface area contributed by atoms with Crippen molar-refractivity contribution in [2.75, 3.05) is 13.1 Å². The maximum atomic E-state index is 2.68. The lowest BCUT2D eigenvalue weighted by atomic mass is 9.75. The third-order valence-corrected chi connectivity index (χ3v) is 3.75. The quantitative estimate of drug-likeness (QED) is 0.654. The molecule has 2 unspecified atom stereocenters. The molecule has 0 aliphatic carbocycles. The van der Waals surface area contributed by atoms with Crippen molar-refractivity contribution in [2.24, 2.45) is 11.3 Å². The van der Waals surface area contributed by atoms with E-state index in [2.05, 4.69) is 39.5 Å². The smallest absolute Gasteiger partial charge is 0.00671 e. The maximum Gasteiger partial charge on any atom is 0.00671 e. The van der Waals surface area contributed by atoms with Crippen molar-refractivity contribution in [3.05, 3.63) is 0 Å². The molecule has 0 bridgehead atoms. The SMILES string of the molecule is CCCN1CC(C(C)(C)C)CCC1C. The van der Waals surface area contributed by atoms with E-state index in [1.807, 2.05) is 0 Å². The predicted molar refractivity (Wildman–Crippen MR) is 63.5 cm³/mol. The van der Waals surface area contributed by atoms with Gasteiger partial charge in [-0.1, -0.05) is 27.7 Å². The summed E-state index contributed by atoms with van der Waals surface area (Å²) in [5.41, 5.74) is 0.492. The van der Waals surface area contributed by atoms with Gasteiger partial charge in [-0.2, -0.15) is 0 Å². The summed E-state index contributed by atoms with van der Waals surface area (Å²) in [5, 5.41) is 0. The standard InChI is InChI=1S/C13H27N/c1-6-9-14-10-12(13(3,4)5)8-7-11(14)2/h11-12H,6-10H2,1-5H3. The molecule has 1 heterocycles. The average molecular weight is 197 g/mol. The van der Waals surface area contributed by atoms with Crippen LogP contribution < -0.4 is 0 Å². The van der Waals surface area contributed by atoms with Crippen molar-refractivity contribution >= 4 is 0 Å². The highest BCUT2D eigenvalue weighted by Gasteiger charge is 2.31. The molecule has 0 aromatic heterocycles. The Hall–Kier alpha value is -0.0400. The largest absolute Gasteiger partial charge is 0.300 e. The molecule has 1 rings (SSSR count). The molecule has 1 saturated heterocycles. The van der Waals surface area contributed by atoms with E-state index in [4.69, 9.17) is 0 Å². The van der Waals surface area contributed by atoms with E-state index in [-0.39, 0.29) is 0 Å². The fourth-order valence-electron chi connectivity index (χ4n) is 2.49. The fourth-order valence-corrected chi connectivity index (χ4v) is 2.49. The average Bonchev–Trinajstić information content (AvgIpc) is 2.07. The van der Waals surface area contributed by atoms with Gasteiger partial charge in [0.05, 0.1) is 0 Å². The Labute approximate surface area is 89.9 Å². The Kier molecular flexibility index (Phi) is 4.00. The summed E-state index contributed by atoms with van der Waals surface area (Å²) in [6.45, 7) is 14.4. The van der Waals surface area contributed by atoms with Crippen molar-refractivity contribution in [1.82, 2.24) is 4.90 Å². The van der Waals surface area contributed by atoms with Gasteiger partial charge in [-0.25, -0.2) is 0 Å². The highest BCUT2D eigenvalue weighted by Crippen LogP contribution is 2.35. The van der Waals surface area contributed by atoms with Gasteiger partial charge in [-0.05, 0) is 44.1 Å². The van der Waals surface area contributed by atoms with Gasteiger partial charge in [-0.3, -0.25) is 0 Å². The van der Waals surface area contributed by atoms with Crippen molar-refractivity contribution < 1.29 is 0 Å². The van der Waals surface area contributed by atoms with Gasteiger partial charge in [-0.15, -0.1) is 0 Å². The summed E-state index contributed by atoms with van der Waals surface area (Å²) in [7, 11) is 0. The van der Waals surface area contributed by atoms with Crippen LogP contribution in [-0.2, 0) is 0 Å². The zero-order chi connectivity index (χ0) is 10.8. The number of hydrogen-bond donors (Lipinski definition) is 0. The van der Waals surface area contributed by atoms with Gasteiger partial charge in [0.1, 0.15) is 0 Å². The van der Waals surface area contributed by atoms with E-state index >= 15 is 0 Å². The maximum absolute atomic E-state index is 2.68. The molecule has 84 valence electrons. The Morgan fingerprint density at radius 3 is 2.36 bits per heavy atom. The Morgan fingerprint density at radius 1 is 1.21 bits per heavy atom. The third-order valence-electron chi connectivity index (χ3n) is 3.75. The lowest BCUT2D eigenvalue weighted by Crippen LogP contribution is -2.45. The molecular weight excluding hydrogens is 170 g/mol. The molecule has 1 aliphatic rings. The molecular formula is C13H27N. The first kappa shape index (κ1) is 12.0. The van der Waals surface area contributed by atoms with E-state index in [0.717, 1.165) is 12.0 Å². The molecule has 1 fully saturated rings. The first-order chi connectivity index (χ1) is 6.45. The van der Waals surface area contributed by atoms with Crippen LogP contribution in [0.4, 0.5) is 0 Å². The van der Waals surface area contributed by atoms with Gasteiger partial charge >= 0.3 is 0 Å². The van der Waals surface area contributed by atoms with E-state index in [0.29, 0.717) is 5.41 Å². The lowest BCUT2D eigenvalue weighted by molar-refractivity contribution is 0.0626. The number of hydrogen-bond acceptors (Lipinski definition) is 1. The molecule has 1 aliphatic heterocycles. The summed E-state index contributed by atoms with van der Waals surface area (Å²) in [6.07, 6.45) is 4.11. The van der Waals surface area contributed by atoms with Gasteiger partial charge in [0.15, 0.2) is 0 Å². The van der Waals surface area contributed by atoms with Crippen LogP contribution >= 0.6 is 0 Å². The molecule has 14 heavy (non-hydrogen) atoms. The second kappa shape index (κ2) is 4.65. The Morgan fingerprint density at radius 2 is 1.86 bits per heavy atom. The van der Waals surface area contributed by atoms with Crippen LogP contribution in [0.1, 0.15) is 53.9 Å². The molecule has 0 aromatic carbocycles.